The van der Waals surface area contributed by atoms with Gasteiger partial charge in [-0.25, -0.2) is 0 Å². The lowest BCUT2D eigenvalue weighted by Crippen LogP contribution is -2.10. The normalized spacial score (nSPS) is 12.5. The van der Waals surface area contributed by atoms with Crippen LogP contribution in [0.1, 0.15) is 57.5 Å². The van der Waals surface area contributed by atoms with E-state index < -0.39 is 0 Å². The van der Waals surface area contributed by atoms with Gasteiger partial charge in [0.25, 0.3) is 0 Å². The molecule has 2 rings (SSSR count). The molecule has 0 aliphatic carbocycles. The third kappa shape index (κ3) is 3.77. The molecule has 22 heavy (non-hydrogen) atoms. The summed E-state index contributed by atoms with van der Waals surface area (Å²) in [5, 5.41) is 13.8. The summed E-state index contributed by atoms with van der Waals surface area (Å²) in [5.74, 6) is 1.17. The highest BCUT2D eigenvalue weighted by atomic mass is 32.2. The Hall–Kier alpha value is -1.62. The monoisotopic (exact) mass is 316 g/mol. The second kappa shape index (κ2) is 6.65. The molecule has 1 heterocycles. The zero-order valence-corrected chi connectivity index (χ0v) is 15.0. The Balaban J connectivity index is 2.27. The van der Waals surface area contributed by atoms with Gasteiger partial charge in [-0.15, -0.1) is 10.2 Å². The van der Waals surface area contributed by atoms with Crippen molar-refractivity contribution in [3.63, 3.8) is 0 Å². The number of benzene rings is 1. The predicted molar refractivity (Wildman–Crippen MR) is 94.0 cm³/mol. The van der Waals surface area contributed by atoms with E-state index in [1.165, 1.54) is 5.56 Å². The van der Waals surface area contributed by atoms with Gasteiger partial charge in [0.05, 0.1) is 6.21 Å². The van der Waals surface area contributed by atoms with Crippen LogP contribution in [0.15, 0.2) is 34.5 Å². The molecule has 0 atom stereocenters. The highest BCUT2D eigenvalue weighted by Gasteiger charge is 2.14. The highest BCUT2D eigenvalue weighted by Crippen LogP contribution is 2.22. The third-order valence-corrected chi connectivity index (χ3v) is 4.05. The Morgan fingerprint density at radius 3 is 2.27 bits per heavy atom. The SMILES string of the molecule is CSc1nnc(C(C)C)n1/N=C\c1ccc(C(C)(C)C)cc1. The van der Waals surface area contributed by atoms with Gasteiger partial charge in [-0.2, -0.15) is 9.78 Å². The van der Waals surface area contributed by atoms with Gasteiger partial charge in [0.15, 0.2) is 5.82 Å². The van der Waals surface area contributed by atoms with Gasteiger partial charge in [0.2, 0.25) is 5.16 Å². The summed E-state index contributed by atoms with van der Waals surface area (Å²) in [6.07, 6.45) is 3.85. The molecule has 1 aromatic heterocycles. The minimum Gasteiger partial charge on any atom is -0.191 e. The lowest BCUT2D eigenvalue weighted by Gasteiger charge is -2.18. The Kier molecular flexibility index (Phi) is 5.06. The van der Waals surface area contributed by atoms with Gasteiger partial charge in [0, 0.05) is 5.92 Å². The number of hydrogen-bond acceptors (Lipinski definition) is 4. The number of nitrogens with zero attached hydrogens (tertiary/aromatic N) is 4. The minimum absolute atomic E-state index is 0.167. The van der Waals surface area contributed by atoms with Crippen LogP contribution in [0.4, 0.5) is 0 Å². The van der Waals surface area contributed by atoms with Crippen LogP contribution in [0.3, 0.4) is 0 Å². The van der Waals surface area contributed by atoms with Gasteiger partial charge >= 0.3 is 0 Å². The molecule has 0 bridgehead atoms. The maximum atomic E-state index is 4.57. The maximum absolute atomic E-state index is 4.57. The summed E-state index contributed by atoms with van der Waals surface area (Å²) in [6.45, 7) is 10.8. The predicted octanol–water partition coefficient (Wildman–Crippen LogP) is 4.30. The minimum atomic E-state index is 0.167. The first-order valence-electron chi connectivity index (χ1n) is 7.47. The van der Waals surface area contributed by atoms with E-state index in [9.17, 15) is 0 Å². The molecule has 118 valence electrons. The summed E-state index contributed by atoms with van der Waals surface area (Å²) in [5.41, 5.74) is 2.56. The van der Waals surface area contributed by atoms with Crippen molar-refractivity contribution >= 4 is 18.0 Å². The van der Waals surface area contributed by atoms with Crippen molar-refractivity contribution in [3.05, 3.63) is 41.2 Å². The van der Waals surface area contributed by atoms with E-state index >= 15 is 0 Å². The van der Waals surface area contributed by atoms with Crippen LogP contribution in [0.2, 0.25) is 0 Å². The van der Waals surface area contributed by atoms with E-state index in [4.69, 9.17) is 0 Å². The van der Waals surface area contributed by atoms with E-state index in [2.05, 4.69) is 74.2 Å². The highest BCUT2D eigenvalue weighted by molar-refractivity contribution is 7.98. The third-order valence-electron chi connectivity index (χ3n) is 3.43. The molecular weight excluding hydrogens is 292 g/mol. The molecule has 2 aromatic rings. The zero-order chi connectivity index (χ0) is 16.3. The lowest BCUT2D eigenvalue weighted by atomic mass is 9.87. The van der Waals surface area contributed by atoms with E-state index in [-0.39, 0.29) is 11.3 Å². The van der Waals surface area contributed by atoms with Gasteiger partial charge in [-0.05, 0) is 22.8 Å². The standard InChI is InChI=1S/C17H24N4S/c1-12(2)15-19-20-16(22-6)21(15)18-11-13-7-9-14(10-8-13)17(3,4)5/h7-12H,1-6H3/b18-11-. The average Bonchev–Trinajstić information content (AvgIpc) is 2.87. The first-order chi connectivity index (χ1) is 10.3. The van der Waals surface area contributed by atoms with E-state index in [1.807, 2.05) is 17.1 Å². The molecule has 0 fully saturated rings. The van der Waals surface area contributed by atoms with E-state index in [0.717, 1.165) is 16.5 Å². The van der Waals surface area contributed by atoms with E-state index in [0.29, 0.717) is 0 Å². The molecule has 0 saturated carbocycles. The maximum Gasteiger partial charge on any atom is 0.211 e. The fraction of sp³-hybridized carbons (Fsp3) is 0.471. The topological polar surface area (TPSA) is 43.1 Å². The first kappa shape index (κ1) is 16.7. The number of aromatic nitrogens is 3. The second-order valence-electron chi connectivity index (χ2n) is 6.63. The zero-order valence-electron chi connectivity index (χ0n) is 14.2. The molecule has 0 unspecified atom stereocenters. The summed E-state index contributed by atoms with van der Waals surface area (Å²) < 4.78 is 1.83. The van der Waals surface area contributed by atoms with Gasteiger partial charge < -0.3 is 0 Å². The molecule has 0 aliphatic rings. The average molecular weight is 316 g/mol. The van der Waals surface area contributed by atoms with Crippen molar-refractivity contribution in [1.29, 1.82) is 0 Å². The van der Waals surface area contributed by atoms with Gasteiger partial charge in [-0.3, -0.25) is 0 Å². The van der Waals surface area contributed by atoms with Crippen molar-refractivity contribution in [1.82, 2.24) is 14.9 Å². The summed E-state index contributed by atoms with van der Waals surface area (Å²) in [6, 6.07) is 8.52. The molecule has 0 amide bonds. The Morgan fingerprint density at radius 1 is 1.14 bits per heavy atom. The van der Waals surface area contributed by atoms with Gasteiger partial charge in [-0.1, -0.05) is 70.6 Å². The van der Waals surface area contributed by atoms with Crippen molar-refractivity contribution in [2.45, 2.75) is 51.1 Å². The second-order valence-corrected chi connectivity index (χ2v) is 7.40. The van der Waals surface area contributed by atoms with Gasteiger partial charge in [0.1, 0.15) is 0 Å². The number of thioether (sulfide) groups is 1. The molecule has 0 aliphatic heterocycles. The van der Waals surface area contributed by atoms with Crippen LogP contribution in [-0.2, 0) is 5.41 Å². The van der Waals surface area contributed by atoms with Crippen LogP contribution in [0.5, 0.6) is 0 Å². The quantitative estimate of drug-likeness (QED) is 0.624. The Bertz CT molecular complexity index is 648. The molecule has 1 aromatic carbocycles. The fourth-order valence-electron chi connectivity index (χ4n) is 2.07. The summed E-state index contributed by atoms with van der Waals surface area (Å²) in [4.78, 5) is 0. The molecule has 5 heteroatoms. The van der Waals surface area contributed by atoms with Crippen molar-refractivity contribution < 1.29 is 0 Å². The number of hydrogen-bond donors (Lipinski definition) is 0. The molecule has 0 N–H and O–H groups in total. The van der Waals surface area contributed by atoms with Crippen molar-refractivity contribution in [3.8, 4) is 0 Å². The summed E-state index contributed by atoms with van der Waals surface area (Å²) >= 11 is 1.55. The lowest BCUT2D eigenvalue weighted by molar-refractivity contribution is 0.590. The molecule has 0 spiro atoms. The fourth-order valence-corrected chi connectivity index (χ4v) is 2.50. The largest absolute Gasteiger partial charge is 0.211 e. The Labute approximate surface area is 137 Å². The molecule has 0 saturated heterocycles. The van der Waals surface area contributed by atoms with Crippen LogP contribution >= 0.6 is 11.8 Å². The molecule has 0 radical (unpaired) electrons. The smallest absolute Gasteiger partial charge is 0.191 e. The first-order valence-corrected chi connectivity index (χ1v) is 8.69. The van der Waals surface area contributed by atoms with Crippen LogP contribution in [-0.4, -0.2) is 27.3 Å². The molecule has 4 nitrogen and oxygen atoms in total. The van der Waals surface area contributed by atoms with E-state index in [1.54, 1.807) is 11.8 Å². The van der Waals surface area contributed by atoms with Crippen LogP contribution < -0.4 is 0 Å². The van der Waals surface area contributed by atoms with Crippen molar-refractivity contribution in [2.24, 2.45) is 5.10 Å². The summed E-state index contributed by atoms with van der Waals surface area (Å²) in [7, 11) is 0. The number of rotatable bonds is 4. The van der Waals surface area contributed by atoms with Crippen molar-refractivity contribution in [2.75, 3.05) is 6.26 Å². The van der Waals surface area contributed by atoms with Crippen LogP contribution in [0.25, 0.3) is 0 Å². The van der Waals surface area contributed by atoms with Crippen LogP contribution in [0, 0.1) is 0 Å². The molecular formula is C17H24N4S. The Morgan fingerprint density at radius 2 is 1.77 bits per heavy atom.